The molecule has 1 N–H and O–H groups in total. The Morgan fingerprint density at radius 1 is 1.22 bits per heavy atom. The molecule has 0 saturated heterocycles. The molecule has 1 aromatic heterocycles. The lowest BCUT2D eigenvalue weighted by molar-refractivity contribution is 0.0955. The summed E-state index contributed by atoms with van der Waals surface area (Å²) >= 11 is 12.8. The van der Waals surface area contributed by atoms with Gasteiger partial charge in [-0.15, -0.1) is 22.9 Å². The Balaban J connectivity index is 1.97. The topological polar surface area (TPSA) is 29.1 Å². The van der Waals surface area contributed by atoms with E-state index < -0.39 is 0 Å². The van der Waals surface area contributed by atoms with E-state index in [4.69, 9.17) is 23.2 Å². The maximum atomic E-state index is 11.8. The van der Waals surface area contributed by atoms with Crippen LogP contribution in [0.1, 0.15) is 20.8 Å². The van der Waals surface area contributed by atoms with Crippen molar-refractivity contribution in [3.63, 3.8) is 0 Å². The second-order valence-corrected chi connectivity index (χ2v) is 5.72. The van der Waals surface area contributed by atoms with Crippen LogP contribution in [0, 0.1) is 0 Å². The highest BCUT2D eigenvalue weighted by Gasteiger charge is 2.08. The molecule has 0 bridgehead atoms. The highest BCUT2D eigenvalue weighted by Crippen LogP contribution is 2.21. The smallest absolute Gasteiger partial charge is 0.261 e. The van der Waals surface area contributed by atoms with E-state index in [0.717, 1.165) is 11.1 Å². The Morgan fingerprint density at radius 3 is 2.67 bits per heavy atom. The normalized spacial score (nSPS) is 10.3. The Morgan fingerprint density at radius 2 is 2.00 bits per heavy atom. The molecule has 0 aliphatic carbocycles. The molecule has 1 aromatic carbocycles. The van der Waals surface area contributed by atoms with Crippen molar-refractivity contribution < 1.29 is 4.79 Å². The van der Waals surface area contributed by atoms with E-state index in [1.807, 2.05) is 24.3 Å². The van der Waals surface area contributed by atoms with Gasteiger partial charge in [-0.05, 0) is 23.3 Å². The van der Waals surface area contributed by atoms with E-state index in [2.05, 4.69) is 5.32 Å². The molecule has 0 radical (unpaired) electrons. The minimum atomic E-state index is -0.108. The molecule has 1 amide bonds. The fourth-order valence-electron chi connectivity index (χ4n) is 1.53. The van der Waals surface area contributed by atoms with Crippen molar-refractivity contribution in [3.8, 4) is 0 Å². The van der Waals surface area contributed by atoms with Crippen LogP contribution in [0.3, 0.4) is 0 Å². The Hall–Kier alpha value is -1.03. The lowest BCUT2D eigenvalue weighted by Gasteiger charge is -2.05. The van der Waals surface area contributed by atoms with Gasteiger partial charge in [-0.1, -0.05) is 35.9 Å². The molecule has 5 heteroatoms. The molecule has 2 nitrogen and oxygen atoms in total. The number of amides is 1. The summed E-state index contributed by atoms with van der Waals surface area (Å²) in [4.78, 5) is 12.4. The number of nitrogens with one attached hydrogen (secondary N) is 1. The SMILES string of the molecule is O=C(NCc1cccc(CCl)c1)c1ccc(Cl)s1. The number of alkyl halides is 1. The number of benzene rings is 1. The second kappa shape index (κ2) is 6.23. The molecule has 0 fully saturated rings. The van der Waals surface area contributed by atoms with Gasteiger partial charge in [0.15, 0.2) is 0 Å². The van der Waals surface area contributed by atoms with Crippen LogP contribution in [0.5, 0.6) is 0 Å². The van der Waals surface area contributed by atoms with Gasteiger partial charge in [-0.3, -0.25) is 4.79 Å². The summed E-state index contributed by atoms with van der Waals surface area (Å²) in [5, 5.41) is 2.85. The van der Waals surface area contributed by atoms with Crippen LogP contribution < -0.4 is 5.32 Å². The fourth-order valence-corrected chi connectivity index (χ4v) is 2.65. The van der Waals surface area contributed by atoms with Crippen LogP contribution in [0.4, 0.5) is 0 Å². The minimum Gasteiger partial charge on any atom is -0.347 e. The summed E-state index contributed by atoms with van der Waals surface area (Å²) in [7, 11) is 0. The summed E-state index contributed by atoms with van der Waals surface area (Å²) < 4.78 is 0.615. The number of carbonyl (C=O) groups excluding carboxylic acids is 1. The van der Waals surface area contributed by atoms with E-state index >= 15 is 0 Å². The van der Waals surface area contributed by atoms with Gasteiger partial charge in [0, 0.05) is 12.4 Å². The van der Waals surface area contributed by atoms with Crippen molar-refractivity contribution in [1.82, 2.24) is 5.32 Å². The third kappa shape index (κ3) is 3.48. The molecule has 2 rings (SSSR count). The number of hydrogen-bond donors (Lipinski definition) is 1. The fraction of sp³-hybridized carbons (Fsp3) is 0.154. The Labute approximate surface area is 120 Å². The average Bonchev–Trinajstić information content (AvgIpc) is 2.83. The van der Waals surface area contributed by atoms with E-state index in [-0.39, 0.29) is 5.91 Å². The largest absolute Gasteiger partial charge is 0.347 e. The molecule has 0 spiro atoms. The van der Waals surface area contributed by atoms with E-state index in [0.29, 0.717) is 21.6 Å². The predicted octanol–water partition coefficient (Wildman–Crippen LogP) is 4.07. The summed E-state index contributed by atoms with van der Waals surface area (Å²) in [6.45, 7) is 0.485. The van der Waals surface area contributed by atoms with Gasteiger partial charge in [0.25, 0.3) is 5.91 Å². The number of rotatable bonds is 4. The summed E-state index contributed by atoms with van der Waals surface area (Å²) in [5.41, 5.74) is 2.08. The van der Waals surface area contributed by atoms with Crippen molar-refractivity contribution in [1.29, 1.82) is 0 Å². The molecule has 0 atom stereocenters. The first-order valence-corrected chi connectivity index (χ1v) is 7.09. The van der Waals surface area contributed by atoms with Gasteiger partial charge in [0.05, 0.1) is 9.21 Å². The van der Waals surface area contributed by atoms with Crippen LogP contribution in [-0.4, -0.2) is 5.91 Å². The van der Waals surface area contributed by atoms with Crippen LogP contribution in [-0.2, 0) is 12.4 Å². The first-order chi connectivity index (χ1) is 8.69. The third-order valence-electron chi connectivity index (χ3n) is 2.40. The summed E-state index contributed by atoms with van der Waals surface area (Å²) in [6.07, 6.45) is 0. The maximum Gasteiger partial charge on any atom is 0.261 e. The zero-order valence-electron chi connectivity index (χ0n) is 9.45. The van der Waals surface area contributed by atoms with Crippen molar-refractivity contribution >= 4 is 40.4 Å². The average molecular weight is 300 g/mol. The van der Waals surface area contributed by atoms with Crippen molar-refractivity contribution in [2.45, 2.75) is 12.4 Å². The Bertz CT molecular complexity index is 553. The van der Waals surface area contributed by atoms with Crippen molar-refractivity contribution in [3.05, 3.63) is 56.7 Å². The highest BCUT2D eigenvalue weighted by molar-refractivity contribution is 7.17. The molecule has 1 heterocycles. The zero-order chi connectivity index (χ0) is 13.0. The van der Waals surface area contributed by atoms with Crippen LogP contribution >= 0.6 is 34.5 Å². The van der Waals surface area contributed by atoms with Crippen LogP contribution in [0.2, 0.25) is 4.34 Å². The van der Waals surface area contributed by atoms with Gasteiger partial charge < -0.3 is 5.32 Å². The van der Waals surface area contributed by atoms with Crippen molar-refractivity contribution in [2.75, 3.05) is 0 Å². The van der Waals surface area contributed by atoms with E-state index in [1.54, 1.807) is 12.1 Å². The molecular weight excluding hydrogens is 289 g/mol. The predicted molar refractivity (Wildman–Crippen MR) is 76.5 cm³/mol. The van der Waals surface area contributed by atoms with E-state index in [1.165, 1.54) is 11.3 Å². The summed E-state index contributed by atoms with van der Waals surface area (Å²) in [5.74, 6) is 0.366. The number of carbonyl (C=O) groups is 1. The number of thiophene rings is 1. The third-order valence-corrected chi connectivity index (χ3v) is 3.93. The monoisotopic (exact) mass is 299 g/mol. The van der Waals surface area contributed by atoms with Crippen LogP contribution in [0.25, 0.3) is 0 Å². The first kappa shape index (κ1) is 13.4. The number of hydrogen-bond acceptors (Lipinski definition) is 2. The standard InChI is InChI=1S/C13H11Cl2NOS/c14-7-9-2-1-3-10(6-9)8-16-13(17)11-4-5-12(15)18-11/h1-6H,7-8H2,(H,16,17). The zero-order valence-corrected chi connectivity index (χ0v) is 11.8. The quantitative estimate of drug-likeness (QED) is 0.847. The molecule has 94 valence electrons. The lowest BCUT2D eigenvalue weighted by atomic mass is 10.1. The lowest BCUT2D eigenvalue weighted by Crippen LogP contribution is -2.21. The summed E-state index contributed by atoms with van der Waals surface area (Å²) in [6, 6.07) is 11.3. The van der Waals surface area contributed by atoms with Gasteiger partial charge in [-0.25, -0.2) is 0 Å². The molecule has 2 aromatic rings. The van der Waals surface area contributed by atoms with Crippen molar-refractivity contribution in [2.24, 2.45) is 0 Å². The molecule has 0 aliphatic rings. The highest BCUT2D eigenvalue weighted by atomic mass is 35.5. The van der Waals surface area contributed by atoms with Crippen LogP contribution in [0.15, 0.2) is 36.4 Å². The molecular formula is C13H11Cl2NOS. The first-order valence-electron chi connectivity index (χ1n) is 5.36. The molecule has 0 saturated carbocycles. The molecule has 0 aliphatic heterocycles. The van der Waals surface area contributed by atoms with Gasteiger partial charge in [0.2, 0.25) is 0 Å². The van der Waals surface area contributed by atoms with E-state index in [9.17, 15) is 4.79 Å². The van der Waals surface area contributed by atoms with Gasteiger partial charge in [0.1, 0.15) is 0 Å². The molecule has 0 unspecified atom stereocenters. The second-order valence-electron chi connectivity index (χ2n) is 3.74. The molecule has 18 heavy (non-hydrogen) atoms. The minimum absolute atomic E-state index is 0.108. The van der Waals surface area contributed by atoms with Gasteiger partial charge >= 0.3 is 0 Å². The maximum absolute atomic E-state index is 11.8. The van der Waals surface area contributed by atoms with Gasteiger partial charge in [-0.2, -0.15) is 0 Å². The number of halogens is 2. The Kier molecular flexibility index (Phi) is 4.64.